The van der Waals surface area contributed by atoms with E-state index in [1.54, 1.807) is 0 Å². The van der Waals surface area contributed by atoms with Crippen molar-refractivity contribution in [2.45, 2.75) is 71.6 Å². The summed E-state index contributed by atoms with van der Waals surface area (Å²) in [6.45, 7) is 16.2. The van der Waals surface area contributed by atoms with Crippen LogP contribution < -0.4 is 10.6 Å². The van der Waals surface area contributed by atoms with Gasteiger partial charge in [-0.1, -0.05) is 13.8 Å². The van der Waals surface area contributed by atoms with Crippen LogP contribution in [0.2, 0.25) is 0 Å². The number of hydrogen-bond donors (Lipinski definition) is 2. The molecule has 0 aromatic carbocycles. The van der Waals surface area contributed by atoms with Gasteiger partial charge in [0.15, 0.2) is 0 Å². The summed E-state index contributed by atoms with van der Waals surface area (Å²) in [5.74, 6) is 0. The van der Waals surface area contributed by atoms with Gasteiger partial charge in [0.25, 0.3) is 0 Å². The molecule has 0 atom stereocenters. The molecule has 0 heterocycles. The van der Waals surface area contributed by atoms with Gasteiger partial charge < -0.3 is 20.1 Å². The summed E-state index contributed by atoms with van der Waals surface area (Å²) >= 11 is 0. The predicted octanol–water partition coefficient (Wildman–Crippen LogP) is 2.57. The third-order valence-electron chi connectivity index (χ3n) is 3.32. The molecule has 0 bridgehead atoms. The Morgan fingerprint density at radius 2 is 1.40 bits per heavy atom. The second-order valence-corrected chi connectivity index (χ2v) is 6.93. The lowest BCUT2D eigenvalue weighted by atomic mass is 10.0. The average Bonchev–Trinajstić information content (AvgIpc) is 2.31. The van der Waals surface area contributed by atoms with E-state index in [-0.39, 0.29) is 11.2 Å². The number of ether oxygens (including phenoxy) is 2. The second-order valence-electron chi connectivity index (χ2n) is 6.93. The van der Waals surface area contributed by atoms with E-state index in [1.165, 1.54) is 0 Å². The summed E-state index contributed by atoms with van der Waals surface area (Å²) in [5.41, 5.74) is -0.198. The first-order valence-electron chi connectivity index (χ1n) is 7.84. The van der Waals surface area contributed by atoms with Crippen molar-refractivity contribution in [2.75, 3.05) is 33.4 Å². The Labute approximate surface area is 126 Å². The van der Waals surface area contributed by atoms with Gasteiger partial charge >= 0.3 is 0 Å². The van der Waals surface area contributed by atoms with Crippen molar-refractivity contribution in [3.05, 3.63) is 0 Å². The molecule has 0 aromatic heterocycles. The van der Waals surface area contributed by atoms with Gasteiger partial charge in [0.05, 0.1) is 24.4 Å². The Bertz CT molecular complexity index is 241. The fraction of sp³-hybridized carbons (Fsp3) is 1.00. The van der Waals surface area contributed by atoms with E-state index in [9.17, 15) is 0 Å². The zero-order chi connectivity index (χ0) is 15.6. The molecule has 0 aliphatic rings. The molecule has 0 spiro atoms. The quantitative estimate of drug-likeness (QED) is 0.542. The summed E-state index contributed by atoms with van der Waals surface area (Å²) in [7, 11) is 1.97. The molecule has 0 radical (unpaired) electrons. The second kappa shape index (κ2) is 9.72. The highest BCUT2D eigenvalue weighted by Gasteiger charge is 2.22. The lowest BCUT2D eigenvalue weighted by Gasteiger charge is -2.30. The van der Waals surface area contributed by atoms with Crippen LogP contribution >= 0.6 is 0 Å². The highest BCUT2D eigenvalue weighted by molar-refractivity contribution is 4.73. The molecule has 0 amide bonds. The van der Waals surface area contributed by atoms with Crippen LogP contribution in [-0.4, -0.2) is 50.6 Å². The van der Waals surface area contributed by atoms with Gasteiger partial charge in [0.2, 0.25) is 0 Å². The van der Waals surface area contributed by atoms with E-state index >= 15 is 0 Å². The molecule has 0 fully saturated rings. The van der Waals surface area contributed by atoms with E-state index in [1.807, 2.05) is 7.05 Å². The average molecular weight is 288 g/mol. The molecule has 0 rings (SSSR count). The zero-order valence-electron chi connectivity index (χ0n) is 14.6. The summed E-state index contributed by atoms with van der Waals surface area (Å²) in [6.07, 6.45) is 1.93. The minimum Gasteiger partial charge on any atom is -0.375 e. The van der Waals surface area contributed by atoms with E-state index in [0.29, 0.717) is 6.04 Å². The number of hydrogen-bond acceptors (Lipinski definition) is 4. The first-order valence-corrected chi connectivity index (χ1v) is 7.84. The molecule has 0 aliphatic carbocycles. The van der Waals surface area contributed by atoms with Gasteiger partial charge in [0.1, 0.15) is 0 Å². The molecule has 0 saturated carbocycles. The largest absolute Gasteiger partial charge is 0.375 e. The Hall–Kier alpha value is -0.160. The van der Waals surface area contributed by atoms with Crippen LogP contribution in [0.25, 0.3) is 0 Å². The normalized spacial score (nSPS) is 13.2. The first kappa shape index (κ1) is 19.8. The van der Waals surface area contributed by atoms with Gasteiger partial charge in [-0.2, -0.15) is 0 Å². The maximum absolute atomic E-state index is 5.98. The molecule has 2 N–H and O–H groups in total. The van der Waals surface area contributed by atoms with Crippen LogP contribution in [-0.2, 0) is 9.47 Å². The molecule has 0 unspecified atom stereocenters. The molecule has 0 aromatic rings. The molecule has 0 aliphatic heterocycles. The van der Waals surface area contributed by atoms with Crippen molar-refractivity contribution in [3.8, 4) is 0 Å². The SMILES string of the molecule is CNCCC(C)(C)OCCC(C)(C)OCCNC(C)C. The molecule has 4 nitrogen and oxygen atoms in total. The van der Waals surface area contributed by atoms with Crippen molar-refractivity contribution in [2.24, 2.45) is 0 Å². The van der Waals surface area contributed by atoms with Gasteiger partial charge in [0, 0.05) is 12.6 Å². The third kappa shape index (κ3) is 11.6. The van der Waals surface area contributed by atoms with E-state index in [2.05, 4.69) is 52.2 Å². The van der Waals surface area contributed by atoms with Gasteiger partial charge in [-0.3, -0.25) is 0 Å². The van der Waals surface area contributed by atoms with Crippen LogP contribution in [0.4, 0.5) is 0 Å². The Kier molecular flexibility index (Phi) is 9.64. The fourth-order valence-electron chi connectivity index (χ4n) is 1.82. The first-order chi connectivity index (χ1) is 9.18. The number of nitrogens with one attached hydrogen (secondary N) is 2. The van der Waals surface area contributed by atoms with Crippen LogP contribution in [0.15, 0.2) is 0 Å². The minimum atomic E-state index is -0.127. The molecule has 4 heteroatoms. The maximum Gasteiger partial charge on any atom is 0.0649 e. The zero-order valence-corrected chi connectivity index (χ0v) is 14.6. The Morgan fingerprint density at radius 3 is 1.95 bits per heavy atom. The van der Waals surface area contributed by atoms with E-state index in [0.717, 1.165) is 39.1 Å². The molecule has 122 valence electrons. The monoisotopic (exact) mass is 288 g/mol. The molecular formula is C16H36N2O2. The van der Waals surface area contributed by atoms with Gasteiger partial charge in [-0.15, -0.1) is 0 Å². The van der Waals surface area contributed by atoms with Crippen LogP contribution in [0.5, 0.6) is 0 Å². The summed E-state index contributed by atoms with van der Waals surface area (Å²) in [4.78, 5) is 0. The van der Waals surface area contributed by atoms with E-state index < -0.39 is 0 Å². The Morgan fingerprint density at radius 1 is 0.850 bits per heavy atom. The smallest absolute Gasteiger partial charge is 0.0649 e. The maximum atomic E-state index is 5.98. The summed E-state index contributed by atoms with van der Waals surface area (Å²) in [5, 5.41) is 6.52. The minimum absolute atomic E-state index is 0.0711. The number of rotatable bonds is 12. The summed E-state index contributed by atoms with van der Waals surface area (Å²) in [6, 6.07) is 0.512. The fourth-order valence-corrected chi connectivity index (χ4v) is 1.82. The lowest BCUT2D eigenvalue weighted by molar-refractivity contribution is -0.0732. The predicted molar refractivity (Wildman–Crippen MR) is 86.4 cm³/mol. The van der Waals surface area contributed by atoms with Gasteiger partial charge in [-0.05, 0) is 54.1 Å². The van der Waals surface area contributed by atoms with E-state index in [4.69, 9.17) is 9.47 Å². The standard InChI is InChI=1S/C16H36N2O2/c1-14(2)18-11-13-20-16(5,6)9-12-19-15(3,4)8-10-17-7/h14,17-18H,8-13H2,1-7H3. The van der Waals surface area contributed by atoms with Gasteiger partial charge in [-0.25, -0.2) is 0 Å². The highest BCUT2D eigenvalue weighted by Crippen LogP contribution is 2.19. The van der Waals surface area contributed by atoms with Crippen molar-refractivity contribution < 1.29 is 9.47 Å². The third-order valence-corrected chi connectivity index (χ3v) is 3.32. The highest BCUT2D eigenvalue weighted by atomic mass is 16.5. The molecular weight excluding hydrogens is 252 g/mol. The summed E-state index contributed by atoms with van der Waals surface area (Å²) < 4.78 is 11.9. The van der Waals surface area contributed by atoms with Crippen LogP contribution in [0.1, 0.15) is 54.4 Å². The van der Waals surface area contributed by atoms with Crippen LogP contribution in [0, 0.1) is 0 Å². The van der Waals surface area contributed by atoms with Crippen molar-refractivity contribution in [1.29, 1.82) is 0 Å². The lowest BCUT2D eigenvalue weighted by Crippen LogP contribution is -2.35. The Balaban J connectivity index is 3.80. The van der Waals surface area contributed by atoms with Crippen molar-refractivity contribution in [3.63, 3.8) is 0 Å². The molecule has 0 saturated heterocycles. The van der Waals surface area contributed by atoms with Crippen LogP contribution in [0.3, 0.4) is 0 Å². The molecule has 20 heavy (non-hydrogen) atoms. The topological polar surface area (TPSA) is 42.5 Å². The van der Waals surface area contributed by atoms with Crippen molar-refractivity contribution >= 4 is 0 Å². The van der Waals surface area contributed by atoms with Crippen molar-refractivity contribution in [1.82, 2.24) is 10.6 Å².